The molecule has 4 atom stereocenters. The molecule has 1 saturated heterocycles. The van der Waals surface area contributed by atoms with Gasteiger partial charge in [0.1, 0.15) is 5.75 Å². The molecule has 4 rings (SSSR count). The van der Waals surface area contributed by atoms with Gasteiger partial charge in [-0.3, -0.25) is 4.79 Å². The minimum absolute atomic E-state index is 0.00918. The number of carbonyl (C=O) groups excluding carboxylic acids is 1. The first kappa shape index (κ1) is 22.6. The number of hydrogen-bond acceptors (Lipinski definition) is 4. The summed E-state index contributed by atoms with van der Waals surface area (Å²) in [6, 6.07) is 7.25. The summed E-state index contributed by atoms with van der Waals surface area (Å²) in [5.41, 5.74) is 3.60. The molecule has 2 fully saturated rings. The molecule has 4 heteroatoms. The largest absolute Gasteiger partial charge is 0.457 e. The van der Waals surface area contributed by atoms with Crippen molar-refractivity contribution in [2.75, 3.05) is 20.4 Å². The molecular weight excluding hydrogens is 386 g/mol. The maximum atomic E-state index is 12.4. The average Bonchev–Trinajstić information content (AvgIpc) is 2.77. The minimum Gasteiger partial charge on any atom is -0.457 e. The van der Waals surface area contributed by atoms with E-state index in [0.717, 1.165) is 37.9 Å². The summed E-state index contributed by atoms with van der Waals surface area (Å²) < 4.78 is 11.4. The number of likely N-dealkylation sites (tertiary alicyclic amines) is 1. The summed E-state index contributed by atoms with van der Waals surface area (Å²) in [6.45, 7) is 7.95. The van der Waals surface area contributed by atoms with E-state index in [1.807, 2.05) is 0 Å². The number of nitrogens with zero attached hydrogens (tertiary/aromatic N) is 1. The van der Waals surface area contributed by atoms with Crippen LogP contribution < -0.4 is 4.74 Å². The monoisotopic (exact) mass is 427 g/mol. The van der Waals surface area contributed by atoms with Gasteiger partial charge in [-0.2, -0.15) is 0 Å². The number of piperidine rings is 1. The minimum atomic E-state index is -0.120. The molecule has 1 aromatic carbocycles. The van der Waals surface area contributed by atoms with Crippen molar-refractivity contribution in [2.45, 2.75) is 96.4 Å². The number of likely N-dealkylation sites (N-methyl/N-ethyl adjacent to an activating group) is 1. The molecular formula is C27H41NO3. The van der Waals surface area contributed by atoms with E-state index in [9.17, 15) is 4.79 Å². The number of unbranched alkanes of at least 4 members (excludes halogenated alkanes) is 1. The van der Waals surface area contributed by atoms with Gasteiger partial charge >= 0.3 is 5.97 Å². The zero-order valence-corrected chi connectivity index (χ0v) is 20.0. The van der Waals surface area contributed by atoms with Gasteiger partial charge in [-0.05, 0) is 80.8 Å². The van der Waals surface area contributed by atoms with Gasteiger partial charge in [0.25, 0.3) is 0 Å². The molecule has 1 aromatic rings. The van der Waals surface area contributed by atoms with Crippen LogP contribution in [0.5, 0.6) is 5.75 Å². The molecule has 31 heavy (non-hydrogen) atoms. The molecule has 1 unspecified atom stereocenters. The van der Waals surface area contributed by atoms with Gasteiger partial charge in [-0.1, -0.05) is 52.5 Å². The zero-order valence-electron chi connectivity index (χ0n) is 20.0. The Morgan fingerprint density at radius 2 is 2.03 bits per heavy atom. The van der Waals surface area contributed by atoms with E-state index in [1.165, 1.54) is 49.8 Å². The molecule has 4 nitrogen and oxygen atoms in total. The van der Waals surface area contributed by atoms with Crippen LogP contribution in [0.15, 0.2) is 18.2 Å². The third-order valence-electron chi connectivity index (χ3n) is 8.97. The van der Waals surface area contributed by atoms with Crippen LogP contribution in [0.2, 0.25) is 0 Å². The highest BCUT2D eigenvalue weighted by atomic mass is 16.7. The molecule has 1 aliphatic heterocycles. The summed E-state index contributed by atoms with van der Waals surface area (Å²) >= 11 is 0. The first-order valence-electron chi connectivity index (χ1n) is 12.6. The molecule has 1 saturated carbocycles. The van der Waals surface area contributed by atoms with E-state index in [0.29, 0.717) is 11.5 Å². The van der Waals surface area contributed by atoms with Crippen LogP contribution in [-0.2, 0) is 21.4 Å². The fraction of sp³-hybridized carbons (Fsp3) is 0.741. The fourth-order valence-electron chi connectivity index (χ4n) is 7.00. The van der Waals surface area contributed by atoms with Gasteiger partial charge in [0.05, 0.1) is 5.92 Å². The van der Waals surface area contributed by atoms with Gasteiger partial charge < -0.3 is 14.4 Å². The van der Waals surface area contributed by atoms with Crippen molar-refractivity contribution >= 4 is 5.97 Å². The molecule has 3 aliphatic rings. The van der Waals surface area contributed by atoms with Crippen LogP contribution in [0.3, 0.4) is 0 Å². The Kier molecular flexibility index (Phi) is 6.67. The summed E-state index contributed by atoms with van der Waals surface area (Å²) in [7, 11) is 2.31. The Morgan fingerprint density at radius 3 is 2.81 bits per heavy atom. The second-order valence-electron chi connectivity index (χ2n) is 10.4. The topological polar surface area (TPSA) is 38.8 Å². The van der Waals surface area contributed by atoms with E-state index in [2.05, 4.69) is 50.9 Å². The highest BCUT2D eigenvalue weighted by Crippen LogP contribution is 2.62. The van der Waals surface area contributed by atoms with Crippen molar-refractivity contribution in [2.24, 2.45) is 11.3 Å². The number of rotatable bonds is 8. The first-order chi connectivity index (χ1) is 14.9. The van der Waals surface area contributed by atoms with E-state index in [1.54, 1.807) is 0 Å². The normalized spacial score (nSPS) is 30.8. The van der Waals surface area contributed by atoms with Crippen molar-refractivity contribution in [1.29, 1.82) is 0 Å². The summed E-state index contributed by atoms with van der Waals surface area (Å²) in [6.07, 6.45) is 11.5. The van der Waals surface area contributed by atoms with Gasteiger partial charge in [-0.15, -0.1) is 0 Å². The molecule has 2 bridgehead atoms. The number of ether oxygens (including phenoxy) is 2. The molecule has 0 radical (unpaired) electrons. The van der Waals surface area contributed by atoms with Gasteiger partial charge in [-0.25, -0.2) is 0 Å². The van der Waals surface area contributed by atoms with Crippen LogP contribution in [0.1, 0.15) is 89.7 Å². The first-order valence-corrected chi connectivity index (χ1v) is 12.6. The predicted molar refractivity (Wildman–Crippen MR) is 124 cm³/mol. The number of carbonyl (C=O) groups is 1. The number of fused-ring (bicyclic) bond motifs is 1. The Morgan fingerprint density at radius 1 is 1.23 bits per heavy atom. The van der Waals surface area contributed by atoms with Gasteiger partial charge in [0.15, 0.2) is 0 Å². The molecule has 0 amide bonds. The van der Waals surface area contributed by atoms with Crippen LogP contribution in [0.25, 0.3) is 0 Å². The van der Waals surface area contributed by atoms with E-state index < -0.39 is 0 Å². The lowest BCUT2D eigenvalue weighted by atomic mass is 9.45. The smallest absolute Gasteiger partial charge is 0.311 e. The fourth-order valence-corrected chi connectivity index (χ4v) is 7.00. The third kappa shape index (κ3) is 3.90. The standard InChI is InChI=1S/C27H41NO3/c1-5-7-10-20(6-2)25(29)31-19-30-22-12-11-21-17-24-26(3)13-8-9-14-27(26,23(21)18-22)15-16-28(24)4/h11-12,18,20,24H,5-10,13-17,19H2,1-4H3/t20?,24-,26+,27+/m0/s1. The number of esters is 1. The van der Waals surface area contributed by atoms with Crippen molar-refractivity contribution in [3.8, 4) is 5.75 Å². The Labute approximate surface area is 188 Å². The van der Waals surface area contributed by atoms with E-state index in [4.69, 9.17) is 9.47 Å². The van der Waals surface area contributed by atoms with Crippen molar-refractivity contribution in [3.63, 3.8) is 0 Å². The Bertz CT molecular complexity index is 793. The highest BCUT2D eigenvalue weighted by molar-refractivity contribution is 5.72. The van der Waals surface area contributed by atoms with Gasteiger partial charge in [0.2, 0.25) is 6.79 Å². The average molecular weight is 428 g/mol. The molecule has 0 spiro atoms. The second-order valence-corrected chi connectivity index (χ2v) is 10.4. The molecule has 172 valence electrons. The van der Waals surface area contributed by atoms with Crippen LogP contribution >= 0.6 is 0 Å². The SMILES string of the molecule is CCCCC(CC)C(=O)OCOc1ccc2c(c1)[C@]13CCCC[C@]1(C)[C@H](C2)N(C)CC3. The third-order valence-corrected chi connectivity index (χ3v) is 8.97. The molecule has 2 aliphatic carbocycles. The predicted octanol–water partition coefficient (Wildman–Crippen LogP) is 5.86. The van der Waals surface area contributed by atoms with Crippen molar-refractivity contribution < 1.29 is 14.3 Å². The van der Waals surface area contributed by atoms with Crippen molar-refractivity contribution in [3.05, 3.63) is 29.3 Å². The van der Waals surface area contributed by atoms with E-state index >= 15 is 0 Å². The van der Waals surface area contributed by atoms with Crippen LogP contribution in [0.4, 0.5) is 0 Å². The van der Waals surface area contributed by atoms with Crippen LogP contribution in [-0.4, -0.2) is 37.3 Å². The summed E-state index contributed by atoms with van der Waals surface area (Å²) in [5, 5.41) is 0. The molecule has 0 aromatic heterocycles. The summed E-state index contributed by atoms with van der Waals surface area (Å²) in [5.74, 6) is 0.712. The lowest BCUT2D eigenvalue weighted by Gasteiger charge is -2.65. The Hall–Kier alpha value is -1.55. The maximum Gasteiger partial charge on any atom is 0.311 e. The molecule has 1 heterocycles. The van der Waals surface area contributed by atoms with Crippen LogP contribution in [0, 0.1) is 11.3 Å². The number of hydrogen-bond donors (Lipinski definition) is 0. The summed E-state index contributed by atoms with van der Waals surface area (Å²) in [4.78, 5) is 15.0. The quantitative estimate of drug-likeness (QED) is 0.385. The van der Waals surface area contributed by atoms with Gasteiger partial charge in [0, 0.05) is 11.5 Å². The molecule has 0 N–H and O–H groups in total. The van der Waals surface area contributed by atoms with E-state index in [-0.39, 0.29) is 24.1 Å². The lowest BCUT2D eigenvalue weighted by Crippen LogP contribution is -2.66. The lowest BCUT2D eigenvalue weighted by molar-refractivity contribution is -0.155. The zero-order chi connectivity index (χ0) is 22.1. The highest BCUT2D eigenvalue weighted by Gasteiger charge is 2.60. The number of benzene rings is 1. The van der Waals surface area contributed by atoms with Crippen molar-refractivity contribution in [1.82, 2.24) is 4.90 Å². The Balaban J connectivity index is 1.49. The second kappa shape index (κ2) is 9.13. The maximum absolute atomic E-state index is 12.4.